The maximum Gasteiger partial charge on any atom is 0.317 e. The second-order valence-corrected chi connectivity index (χ2v) is 12.8. The highest BCUT2D eigenvalue weighted by molar-refractivity contribution is 14.1. The number of aromatic nitrogens is 2. The number of carbonyl (C=O) groups is 2. The summed E-state index contributed by atoms with van der Waals surface area (Å²) in [7, 11) is 0. The van der Waals surface area contributed by atoms with E-state index in [1.807, 2.05) is 40.7 Å². The Morgan fingerprint density at radius 3 is 1.48 bits per heavy atom. The van der Waals surface area contributed by atoms with E-state index in [0.717, 1.165) is 34.6 Å². The Hall–Kier alpha value is -1.95. The van der Waals surface area contributed by atoms with Crippen LogP contribution in [0.2, 0.25) is 0 Å². The summed E-state index contributed by atoms with van der Waals surface area (Å²) >= 11 is 2.34. The fourth-order valence-corrected chi connectivity index (χ4v) is 3.70. The lowest BCUT2D eigenvalue weighted by Gasteiger charge is -2.15. The van der Waals surface area contributed by atoms with Crippen LogP contribution in [0.4, 0.5) is 0 Å². The van der Waals surface area contributed by atoms with E-state index in [9.17, 15) is 9.59 Å². The SMILES string of the molecule is CC(C)I.CCCCc1cc(C(C(=O)OCC)C(C)C)on1.CCOC(=O)C(c1cc(CCCO)no1)C(C)C. The minimum absolute atomic E-state index is 0.0858. The molecule has 2 atom stereocenters. The van der Waals surface area contributed by atoms with Gasteiger partial charge in [-0.05, 0) is 51.4 Å². The van der Waals surface area contributed by atoms with E-state index in [1.165, 1.54) is 0 Å². The van der Waals surface area contributed by atoms with Gasteiger partial charge in [-0.3, -0.25) is 9.59 Å². The largest absolute Gasteiger partial charge is 0.465 e. The number of unbranched alkanes of at least 4 members (excludes halogenated alkanes) is 1. The smallest absolute Gasteiger partial charge is 0.317 e. The van der Waals surface area contributed by atoms with E-state index >= 15 is 0 Å². The lowest BCUT2D eigenvalue weighted by atomic mass is 9.93. The number of aryl methyl sites for hydroxylation is 2. The summed E-state index contributed by atoms with van der Waals surface area (Å²) in [5.74, 6) is 0.0980. The van der Waals surface area contributed by atoms with Crippen LogP contribution < -0.4 is 0 Å². The number of ether oxygens (including phenoxy) is 2. The molecule has 0 saturated heterocycles. The number of esters is 2. The molecule has 230 valence electrons. The van der Waals surface area contributed by atoms with E-state index in [2.05, 4.69) is 53.7 Å². The average Bonchev–Trinajstić information content (AvgIpc) is 3.51. The predicted molar refractivity (Wildman–Crippen MR) is 165 cm³/mol. The van der Waals surface area contributed by atoms with Crippen LogP contribution in [0.3, 0.4) is 0 Å². The highest BCUT2D eigenvalue weighted by Gasteiger charge is 2.30. The van der Waals surface area contributed by atoms with Gasteiger partial charge in [0.2, 0.25) is 0 Å². The van der Waals surface area contributed by atoms with E-state index < -0.39 is 5.92 Å². The van der Waals surface area contributed by atoms with E-state index in [4.69, 9.17) is 23.6 Å². The number of aliphatic hydroxyl groups is 1. The topological polar surface area (TPSA) is 125 Å². The molecule has 1 N–H and O–H groups in total. The van der Waals surface area contributed by atoms with Gasteiger partial charge in [0.05, 0.1) is 24.6 Å². The molecule has 0 aliphatic heterocycles. The average molecular weight is 679 g/mol. The second-order valence-electron chi connectivity index (χ2n) is 10.3. The lowest BCUT2D eigenvalue weighted by Crippen LogP contribution is -2.20. The first-order valence-corrected chi connectivity index (χ1v) is 15.7. The van der Waals surface area contributed by atoms with Crippen molar-refractivity contribution in [1.82, 2.24) is 10.3 Å². The number of halogens is 1. The zero-order chi connectivity index (χ0) is 30.7. The quantitative estimate of drug-likeness (QED) is 0.127. The van der Waals surface area contributed by atoms with Gasteiger partial charge in [0, 0.05) is 22.7 Å². The first-order chi connectivity index (χ1) is 18.9. The van der Waals surface area contributed by atoms with Crippen molar-refractivity contribution in [1.29, 1.82) is 0 Å². The first kappa shape index (κ1) is 38.0. The van der Waals surface area contributed by atoms with Crippen LogP contribution in [-0.4, -0.2) is 51.1 Å². The molecule has 2 rings (SSSR count). The third kappa shape index (κ3) is 15.2. The fourth-order valence-electron chi connectivity index (χ4n) is 3.70. The Bertz CT molecular complexity index is 865. The van der Waals surface area contributed by atoms with Crippen molar-refractivity contribution in [2.75, 3.05) is 19.8 Å². The van der Waals surface area contributed by atoms with Crippen molar-refractivity contribution in [3.8, 4) is 0 Å². The number of aliphatic hydroxyl groups excluding tert-OH is 1. The van der Waals surface area contributed by atoms with Gasteiger partial charge in [0.1, 0.15) is 11.8 Å². The van der Waals surface area contributed by atoms with Crippen LogP contribution in [0.1, 0.15) is 116 Å². The number of carbonyl (C=O) groups excluding carboxylic acids is 2. The first-order valence-electron chi connectivity index (χ1n) is 14.4. The molecule has 0 bridgehead atoms. The molecule has 0 spiro atoms. The molecule has 0 saturated carbocycles. The van der Waals surface area contributed by atoms with Gasteiger partial charge < -0.3 is 23.6 Å². The number of hydrogen-bond donors (Lipinski definition) is 1. The summed E-state index contributed by atoms with van der Waals surface area (Å²) in [6.07, 6.45) is 4.38. The lowest BCUT2D eigenvalue weighted by molar-refractivity contribution is -0.147. The highest BCUT2D eigenvalue weighted by atomic mass is 127. The third-order valence-corrected chi connectivity index (χ3v) is 5.56. The number of alkyl halides is 1. The van der Waals surface area contributed by atoms with Crippen LogP contribution in [-0.2, 0) is 31.9 Å². The van der Waals surface area contributed by atoms with Gasteiger partial charge in [0.15, 0.2) is 11.5 Å². The van der Waals surface area contributed by atoms with Crippen molar-refractivity contribution >= 4 is 34.5 Å². The molecular weight excluding hydrogens is 627 g/mol. The Labute approximate surface area is 254 Å². The summed E-state index contributed by atoms with van der Waals surface area (Å²) in [4.78, 5) is 23.8. The minimum atomic E-state index is -0.416. The van der Waals surface area contributed by atoms with E-state index in [-0.39, 0.29) is 36.3 Å². The van der Waals surface area contributed by atoms with Gasteiger partial charge in [0.25, 0.3) is 0 Å². The maximum absolute atomic E-state index is 11.9. The normalized spacial score (nSPS) is 12.3. The van der Waals surface area contributed by atoms with Gasteiger partial charge in [-0.1, -0.05) is 87.8 Å². The van der Waals surface area contributed by atoms with Crippen molar-refractivity contribution in [3.05, 3.63) is 35.0 Å². The maximum atomic E-state index is 11.9. The molecule has 2 unspecified atom stereocenters. The van der Waals surface area contributed by atoms with Gasteiger partial charge in [-0.15, -0.1) is 0 Å². The van der Waals surface area contributed by atoms with Gasteiger partial charge >= 0.3 is 11.9 Å². The summed E-state index contributed by atoms with van der Waals surface area (Å²) in [5.41, 5.74) is 1.68. The summed E-state index contributed by atoms with van der Waals surface area (Å²) < 4.78 is 21.5. The van der Waals surface area contributed by atoms with Crippen LogP contribution >= 0.6 is 22.6 Å². The molecule has 9 nitrogen and oxygen atoms in total. The molecule has 0 fully saturated rings. The van der Waals surface area contributed by atoms with Crippen molar-refractivity contribution < 1.29 is 33.2 Å². The number of rotatable bonds is 14. The Morgan fingerprint density at radius 2 is 1.18 bits per heavy atom. The monoisotopic (exact) mass is 678 g/mol. The molecule has 2 aromatic rings. The zero-order valence-corrected chi connectivity index (χ0v) is 28.0. The van der Waals surface area contributed by atoms with Crippen LogP contribution in [0.15, 0.2) is 21.2 Å². The fraction of sp³-hybridized carbons (Fsp3) is 0.733. The molecule has 0 amide bonds. The minimum Gasteiger partial charge on any atom is -0.465 e. The van der Waals surface area contributed by atoms with Crippen molar-refractivity contribution in [2.45, 2.75) is 110 Å². The van der Waals surface area contributed by atoms with Gasteiger partial charge in [-0.25, -0.2) is 0 Å². The van der Waals surface area contributed by atoms with Crippen LogP contribution in [0.25, 0.3) is 0 Å². The zero-order valence-electron chi connectivity index (χ0n) is 25.9. The summed E-state index contributed by atoms with van der Waals surface area (Å²) in [6, 6.07) is 3.66. The number of hydrogen-bond acceptors (Lipinski definition) is 9. The third-order valence-electron chi connectivity index (χ3n) is 5.56. The molecule has 0 aliphatic carbocycles. The van der Waals surface area contributed by atoms with E-state index in [1.54, 1.807) is 13.0 Å². The van der Waals surface area contributed by atoms with Gasteiger partial charge in [-0.2, -0.15) is 0 Å². The molecule has 2 heterocycles. The van der Waals surface area contributed by atoms with Crippen LogP contribution in [0, 0.1) is 11.8 Å². The highest BCUT2D eigenvalue weighted by Crippen LogP contribution is 2.28. The van der Waals surface area contributed by atoms with Crippen molar-refractivity contribution in [3.63, 3.8) is 0 Å². The van der Waals surface area contributed by atoms with Crippen LogP contribution in [0.5, 0.6) is 0 Å². The molecule has 0 radical (unpaired) electrons. The molecule has 2 aromatic heterocycles. The van der Waals surface area contributed by atoms with Crippen molar-refractivity contribution in [2.24, 2.45) is 11.8 Å². The predicted octanol–water partition coefficient (Wildman–Crippen LogP) is 7.05. The standard InChI is InChI=1S/C14H23NO3.C13H21NO4.C3H7I/c1-5-7-8-11-9-12(18-15-11)13(10(3)4)14(16)17-6-2;1-4-17-13(16)12(9(2)3)11-8-10(14-18-11)6-5-7-15;1-3(2)4/h9-10,13H,5-8H2,1-4H3;8-9,12,15H,4-7H2,1-3H3;3H,1-2H3. The molecular formula is C30H51IN2O7. The Kier molecular flexibility index (Phi) is 20.7. The Balaban J connectivity index is 0.000000671. The van der Waals surface area contributed by atoms with E-state index in [0.29, 0.717) is 37.6 Å². The number of nitrogens with zero attached hydrogens (tertiary/aromatic N) is 2. The molecule has 10 heteroatoms. The second kappa shape index (κ2) is 21.8. The molecule has 0 aromatic carbocycles. The Morgan fingerprint density at radius 1 is 0.800 bits per heavy atom. The summed E-state index contributed by atoms with van der Waals surface area (Å²) in [5, 5.41) is 16.7. The molecule has 40 heavy (non-hydrogen) atoms. The molecule has 0 aliphatic rings. The summed E-state index contributed by atoms with van der Waals surface area (Å²) in [6.45, 7) is 18.7.